The third-order valence-electron chi connectivity index (χ3n) is 3.39. The van der Waals surface area contributed by atoms with Gasteiger partial charge in [-0.1, -0.05) is 0 Å². The number of amides is 1. The molecule has 100 valence electrons. The first-order valence-electron chi connectivity index (χ1n) is 6.32. The van der Waals surface area contributed by atoms with E-state index in [2.05, 4.69) is 5.32 Å². The molecule has 2 heterocycles. The van der Waals surface area contributed by atoms with E-state index in [1.807, 2.05) is 31.0 Å². The molecule has 1 aliphatic rings. The van der Waals surface area contributed by atoms with Crippen LogP contribution in [0.1, 0.15) is 12.7 Å². The van der Waals surface area contributed by atoms with Crippen molar-refractivity contribution in [3.63, 3.8) is 0 Å². The van der Waals surface area contributed by atoms with Gasteiger partial charge in [0.25, 0.3) is 0 Å². The lowest BCUT2D eigenvalue weighted by atomic mass is 10.0. The highest BCUT2D eigenvalue weighted by Gasteiger charge is 2.35. The van der Waals surface area contributed by atoms with Gasteiger partial charge in [0.1, 0.15) is 5.76 Å². The van der Waals surface area contributed by atoms with Crippen molar-refractivity contribution in [2.24, 2.45) is 5.92 Å². The number of rotatable bonds is 5. The lowest BCUT2D eigenvalue weighted by Gasteiger charge is -2.25. The van der Waals surface area contributed by atoms with E-state index in [9.17, 15) is 4.79 Å². The Morgan fingerprint density at radius 1 is 1.56 bits per heavy atom. The summed E-state index contributed by atoms with van der Waals surface area (Å²) in [4.78, 5) is 14.2. The number of nitrogens with zero attached hydrogens (tertiary/aromatic N) is 1. The van der Waals surface area contributed by atoms with Crippen LogP contribution in [0.15, 0.2) is 22.8 Å². The predicted octanol–water partition coefficient (Wildman–Crippen LogP) is 0.862. The Balaban J connectivity index is 2.01. The van der Waals surface area contributed by atoms with Gasteiger partial charge in [0.05, 0.1) is 31.9 Å². The fourth-order valence-electron chi connectivity index (χ4n) is 2.25. The molecule has 1 fully saturated rings. The van der Waals surface area contributed by atoms with Gasteiger partial charge in [-0.25, -0.2) is 0 Å². The topological polar surface area (TPSA) is 54.7 Å². The molecular formula is C13H20N2O3. The summed E-state index contributed by atoms with van der Waals surface area (Å²) >= 11 is 0. The zero-order valence-electron chi connectivity index (χ0n) is 10.9. The fraction of sp³-hybridized carbons (Fsp3) is 0.615. The first-order valence-corrected chi connectivity index (χ1v) is 6.32. The summed E-state index contributed by atoms with van der Waals surface area (Å²) in [6, 6.07) is 3.84. The van der Waals surface area contributed by atoms with Crippen LogP contribution >= 0.6 is 0 Å². The molecule has 5 heteroatoms. The van der Waals surface area contributed by atoms with Gasteiger partial charge in [-0.3, -0.25) is 4.79 Å². The first-order chi connectivity index (χ1) is 8.76. The van der Waals surface area contributed by atoms with Crippen LogP contribution in [-0.4, -0.2) is 43.7 Å². The highest BCUT2D eigenvalue weighted by Crippen LogP contribution is 2.18. The largest absolute Gasteiger partial charge is 0.467 e. The summed E-state index contributed by atoms with van der Waals surface area (Å²) < 4.78 is 10.7. The first kappa shape index (κ1) is 13.1. The Bertz CT molecular complexity index is 378. The molecule has 2 rings (SSSR count). The molecule has 0 bridgehead atoms. The van der Waals surface area contributed by atoms with E-state index in [0.29, 0.717) is 26.3 Å². The number of ether oxygens (including phenoxy) is 1. The Labute approximate surface area is 107 Å². The number of hydrogen-bond donors (Lipinski definition) is 1. The molecule has 1 amide bonds. The fourth-order valence-corrected chi connectivity index (χ4v) is 2.25. The second kappa shape index (κ2) is 6.02. The maximum Gasteiger partial charge on any atom is 0.230 e. The van der Waals surface area contributed by atoms with Crippen LogP contribution in [0.2, 0.25) is 0 Å². The Morgan fingerprint density at radius 3 is 3.00 bits per heavy atom. The van der Waals surface area contributed by atoms with Crippen LogP contribution in [-0.2, 0) is 16.1 Å². The quantitative estimate of drug-likeness (QED) is 0.844. The molecule has 0 saturated carbocycles. The monoisotopic (exact) mass is 252 g/mol. The van der Waals surface area contributed by atoms with Crippen molar-refractivity contribution >= 4 is 5.91 Å². The van der Waals surface area contributed by atoms with E-state index in [0.717, 1.165) is 5.76 Å². The van der Waals surface area contributed by atoms with Crippen molar-refractivity contribution in [1.29, 1.82) is 0 Å². The van der Waals surface area contributed by atoms with Crippen molar-refractivity contribution < 1.29 is 13.9 Å². The average Bonchev–Trinajstić information content (AvgIpc) is 3.05. The number of nitrogens with one attached hydrogen (secondary N) is 1. The van der Waals surface area contributed by atoms with Crippen molar-refractivity contribution in [3.05, 3.63) is 24.2 Å². The second-order valence-corrected chi connectivity index (χ2v) is 4.47. The summed E-state index contributed by atoms with van der Waals surface area (Å²) in [5, 5.41) is 3.14. The van der Waals surface area contributed by atoms with Crippen molar-refractivity contribution in [3.8, 4) is 0 Å². The third kappa shape index (κ3) is 2.73. The number of hydrogen-bond acceptors (Lipinski definition) is 4. The van der Waals surface area contributed by atoms with Crippen LogP contribution < -0.4 is 5.32 Å². The maximum atomic E-state index is 12.4. The summed E-state index contributed by atoms with van der Waals surface area (Å²) in [7, 11) is 1.86. The Kier molecular flexibility index (Phi) is 4.38. The van der Waals surface area contributed by atoms with Crippen LogP contribution in [0.5, 0.6) is 0 Å². The van der Waals surface area contributed by atoms with Gasteiger partial charge in [0.2, 0.25) is 5.91 Å². The Hall–Kier alpha value is -1.33. The molecular weight excluding hydrogens is 232 g/mol. The van der Waals surface area contributed by atoms with Gasteiger partial charge in [-0.15, -0.1) is 0 Å². The Morgan fingerprint density at radius 2 is 2.39 bits per heavy atom. The van der Waals surface area contributed by atoms with Crippen LogP contribution in [0.3, 0.4) is 0 Å². The summed E-state index contributed by atoms with van der Waals surface area (Å²) in [5.74, 6) is 0.848. The standard InChI is InChI=1S/C13H20N2O3/c1-3-15(7-10-5-4-6-18-10)13(16)11-8-17-9-12(11)14-2/h4-6,11-12,14H,3,7-9H2,1-2H3. The molecule has 1 aromatic heterocycles. The number of carbonyl (C=O) groups is 1. The molecule has 0 spiro atoms. The SMILES string of the molecule is CCN(Cc1ccco1)C(=O)C1COCC1NC. The zero-order valence-corrected chi connectivity index (χ0v) is 10.9. The summed E-state index contributed by atoms with van der Waals surface area (Å²) in [6.07, 6.45) is 1.63. The molecule has 2 atom stereocenters. The van der Waals surface area contributed by atoms with Crippen molar-refractivity contribution in [1.82, 2.24) is 10.2 Å². The predicted molar refractivity (Wildman–Crippen MR) is 67.0 cm³/mol. The van der Waals surface area contributed by atoms with Gasteiger partial charge in [0, 0.05) is 12.6 Å². The van der Waals surface area contributed by atoms with Crippen LogP contribution in [0.4, 0.5) is 0 Å². The van der Waals surface area contributed by atoms with Crippen LogP contribution in [0.25, 0.3) is 0 Å². The third-order valence-corrected chi connectivity index (χ3v) is 3.39. The van der Waals surface area contributed by atoms with Gasteiger partial charge < -0.3 is 19.4 Å². The van der Waals surface area contributed by atoms with E-state index in [1.165, 1.54) is 0 Å². The molecule has 1 aliphatic heterocycles. The second-order valence-electron chi connectivity index (χ2n) is 4.47. The minimum absolute atomic E-state index is 0.0927. The zero-order chi connectivity index (χ0) is 13.0. The van der Waals surface area contributed by atoms with Crippen molar-refractivity contribution in [2.45, 2.75) is 19.5 Å². The van der Waals surface area contributed by atoms with E-state index in [-0.39, 0.29) is 17.9 Å². The molecule has 5 nitrogen and oxygen atoms in total. The average molecular weight is 252 g/mol. The maximum absolute atomic E-state index is 12.4. The highest BCUT2D eigenvalue weighted by molar-refractivity contribution is 5.80. The highest BCUT2D eigenvalue weighted by atomic mass is 16.5. The van der Waals surface area contributed by atoms with Crippen LogP contribution in [0, 0.1) is 5.92 Å². The molecule has 1 N–H and O–H groups in total. The lowest BCUT2D eigenvalue weighted by Crippen LogP contribution is -2.44. The summed E-state index contributed by atoms with van der Waals surface area (Å²) in [6.45, 7) is 4.27. The van der Waals surface area contributed by atoms with Gasteiger partial charge in [0.15, 0.2) is 0 Å². The normalized spacial score (nSPS) is 23.2. The molecule has 0 aliphatic carbocycles. The number of furan rings is 1. The van der Waals surface area contributed by atoms with E-state index in [4.69, 9.17) is 9.15 Å². The van der Waals surface area contributed by atoms with Gasteiger partial charge >= 0.3 is 0 Å². The van der Waals surface area contributed by atoms with Gasteiger partial charge in [-0.05, 0) is 26.1 Å². The minimum Gasteiger partial charge on any atom is -0.467 e. The number of likely N-dealkylation sites (N-methyl/N-ethyl adjacent to an activating group) is 1. The van der Waals surface area contributed by atoms with Crippen molar-refractivity contribution in [2.75, 3.05) is 26.8 Å². The lowest BCUT2D eigenvalue weighted by molar-refractivity contribution is -0.136. The molecule has 0 radical (unpaired) electrons. The molecule has 1 saturated heterocycles. The number of carbonyl (C=O) groups excluding carboxylic acids is 1. The molecule has 18 heavy (non-hydrogen) atoms. The van der Waals surface area contributed by atoms with E-state index < -0.39 is 0 Å². The van der Waals surface area contributed by atoms with E-state index in [1.54, 1.807) is 6.26 Å². The van der Waals surface area contributed by atoms with Gasteiger partial charge in [-0.2, -0.15) is 0 Å². The molecule has 0 aromatic carbocycles. The summed E-state index contributed by atoms with van der Waals surface area (Å²) in [5.41, 5.74) is 0. The smallest absolute Gasteiger partial charge is 0.230 e. The molecule has 2 unspecified atom stereocenters. The molecule has 1 aromatic rings. The minimum atomic E-state index is -0.0927. The van der Waals surface area contributed by atoms with E-state index >= 15 is 0 Å².